The van der Waals surface area contributed by atoms with Gasteiger partial charge in [0.2, 0.25) is 0 Å². The van der Waals surface area contributed by atoms with Crippen molar-refractivity contribution in [1.29, 1.82) is 0 Å². The minimum atomic E-state index is -0.612. The van der Waals surface area contributed by atoms with Crippen molar-refractivity contribution in [1.82, 2.24) is 24.5 Å². The fraction of sp³-hybridized carbons (Fsp3) is 0.381. The Morgan fingerprint density at radius 1 is 1.10 bits per heavy atom. The number of hydrogen-bond acceptors (Lipinski definition) is 8. The SMILES string of the molecule is CCc1c(C(=O)OCC(=O)N2CCc3cc(OC)c(OC)cc3C2)cnc2ncnn12. The maximum Gasteiger partial charge on any atom is 0.342 e. The summed E-state index contributed by atoms with van der Waals surface area (Å²) in [4.78, 5) is 35.1. The number of methoxy groups -OCH3 is 2. The lowest BCUT2D eigenvalue weighted by Gasteiger charge is -2.29. The van der Waals surface area contributed by atoms with Gasteiger partial charge in [0.25, 0.3) is 11.7 Å². The highest BCUT2D eigenvalue weighted by molar-refractivity contribution is 5.92. The van der Waals surface area contributed by atoms with Gasteiger partial charge >= 0.3 is 5.97 Å². The molecule has 1 aromatic carbocycles. The van der Waals surface area contributed by atoms with Crippen molar-refractivity contribution < 1.29 is 23.8 Å². The van der Waals surface area contributed by atoms with E-state index in [2.05, 4.69) is 15.1 Å². The van der Waals surface area contributed by atoms with Crippen molar-refractivity contribution >= 4 is 17.7 Å². The Kier molecular flexibility index (Phi) is 5.70. The Hall–Kier alpha value is -3.69. The van der Waals surface area contributed by atoms with E-state index in [9.17, 15) is 9.59 Å². The number of aryl methyl sites for hydroxylation is 1. The molecule has 0 bridgehead atoms. The van der Waals surface area contributed by atoms with E-state index in [1.54, 1.807) is 19.1 Å². The topological polar surface area (TPSA) is 108 Å². The van der Waals surface area contributed by atoms with E-state index in [1.165, 1.54) is 17.0 Å². The summed E-state index contributed by atoms with van der Waals surface area (Å²) in [6, 6.07) is 3.82. The van der Waals surface area contributed by atoms with Crippen molar-refractivity contribution in [2.24, 2.45) is 0 Å². The Morgan fingerprint density at radius 2 is 1.84 bits per heavy atom. The molecule has 0 aliphatic carbocycles. The lowest BCUT2D eigenvalue weighted by Crippen LogP contribution is -2.38. The molecule has 1 amide bonds. The van der Waals surface area contributed by atoms with Crippen LogP contribution in [-0.4, -0.2) is 63.7 Å². The second-order valence-electron chi connectivity index (χ2n) is 7.06. The summed E-state index contributed by atoms with van der Waals surface area (Å²) < 4.78 is 17.5. The summed E-state index contributed by atoms with van der Waals surface area (Å²) in [6.45, 7) is 2.50. The van der Waals surface area contributed by atoms with Crippen LogP contribution in [-0.2, 0) is 28.9 Å². The van der Waals surface area contributed by atoms with Crippen LogP contribution in [0.2, 0.25) is 0 Å². The van der Waals surface area contributed by atoms with Gasteiger partial charge in [-0.25, -0.2) is 14.3 Å². The first-order chi connectivity index (χ1) is 15.0. The molecule has 0 radical (unpaired) electrons. The van der Waals surface area contributed by atoms with Gasteiger partial charge in [-0.2, -0.15) is 10.1 Å². The fourth-order valence-electron chi connectivity index (χ4n) is 3.73. The Bertz CT molecular complexity index is 1140. The van der Waals surface area contributed by atoms with Crippen LogP contribution in [0.5, 0.6) is 11.5 Å². The standard InChI is InChI=1S/C21H23N5O5/c1-4-16-15(9-22-21-23-12-24-26(16)21)20(28)31-11-19(27)25-6-5-13-7-17(29-2)18(30-3)8-14(13)10-25/h7-9,12H,4-6,10-11H2,1-3H3. The van der Waals surface area contributed by atoms with Crippen LogP contribution < -0.4 is 9.47 Å². The molecule has 162 valence electrons. The zero-order valence-electron chi connectivity index (χ0n) is 17.6. The van der Waals surface area contributed by atoms with Crippen molar-refractivity contribution in [3.63, 3.8) is 0 Å². The number of carbonyl (C=O) groups excluding carboxylic acids is 2. The molecule has 1 aliphatic heterocycles. The molecule has 10 nitrogen and oxygen atoms in total. The van der Waals surface area contributed by atoms with Gasteiger partial charge in [0.1, 0.15) is 6.33 Å². The molecule has 0 fully saturated rings. The Morgan fingerprint density at radius 3 is 2.55 bits per heavy atom. The van der Waals surface area contributed by atoms with Gasteiger partial charge in [-0.05, 0) is 36.1 Å². The molecule has 3 heterocycles. The van der Waals surface area contributed by atoms with E-state index >= 15 is 0 Å². The van der Waals surface area contributed by atoms with Crippen LogP contribution in [0.4, 0.5) is 0 Å². The molecule has 0 N–H and O–H groups in total. The monoisotopic (exact) mass is 425 g/mol. The molecular formula is C21H23N5O5. The number of aromatic nitrogens is 4. The minimum absolute atomic E-state index is 0.262. The average Bonchev–Trinajstić information content (AvgIpc) is 3.29. The molecule has 4 rings (SSSR count). The summed E-state index contributed by atoms with van der Waals surface area (Å²) in [6.07, 6.45) is 4.00. The van der Waals surface area contributed by atoms with Crippen molar-refractivity contribution in [2.45, 2.75) is 26.3 Å². The molecule has 0 unspecified atom stereocenters. The number of nitrogens with zero attached hydrogens (tertiary/aromatic N) is 5. The number of rotatable bonds is 6. The minimum Gasteiger partial charge on any atom is -0.493 e. The summed E-state index contributed by atoms with van der Waals surface area (Å²) in [5.74, 6) is 0.814. The van der Waals surface area contributed by atoms with Gasteiger partial charge in [0, 0.05) is 19.3 Å². The van der Waals surface area contributed by atoms with Crippen LogP contribution in [0.3, 0.4) is 0 Å². The van der Waals surface area contributed by atoms with Crippen LogP contribution in [0.1, 0.15) is 34.1 Å². The highest BCUT2D eigenvalue weighted by Crippen LogP contribution is 2.33. The van der Waals surface area contributed by atoms with Crippen LogP contribution in [0.25, 0.3) is 5.78 Å². The molecule has 2 aromatic heterocycles. The first-order valence-electron chi connectivity index (χ1n) is 9.92. The number of ether oxygens (including phenoxy) is 3. The summed E-state index contributed by atoms with van der Waals surface area (Å²) in [7, 11) is 3.17. The van der Waals surface area contributed by atoms with Gasteiger partial charge < -0.3 is 19.1 Å². The van der Waals surface area contributed by atoms with Gasteiger partial charge in [0.05, 0.1) is 25.5 Å². The molecule has 31 heavy (non-hydrogen) atoms. The summed E-state index contributed by atoms with van der Waals surface area (Å²) >= 11 is 0. The third-order valence-electron chi connectivity index (χ3n) is 5.36. The van der Waals surface area contributed by atoms with Crippen LogP contribution >= 0.6 is 0 Å². The normalized spacial score (nSPS) is 13.1. The van der Waals surface area contributed by atoms with Crippen LogP contribution in [0.15, 0.2) is 24.7 Å². The second-order valence-corrected chi connectivity index (χ2v) is 7.06. The van der Waals surface area contributed by atoms with Gasteiger partial charge in [-0.15, -0.1) is 0 Å². The molecule has 3 aromatic rings. The molecule has 0 atom stereocenters. The van der Waals surface area contributed by atoms with E-state index in [4.69, 9.17) is 14.2 Å². The number of amides is 1. The van der Waals surface area contributed by atoms with Crippen molar-refractivity contribution in [3.05, 3.63) is 47.0 Å². The first-order valence-corrected chi connectivity index (χ1v) is 9.92. The number of fused-ring (bicyclic) bond motifs is 2. The zero-order chi connectivity index (χ0) is 22.0. The number of hydrogen-bond donors (Lipinski definition) is 0. The van der Waals surface area contributed by atoms with E-state index in [0.717, 1.165) is 11.1 Å². The molecule has 0 spiro atoms. The number of benzene rings is 1. The third-order valence-corrected chi connectivity index (χ3v) is 5.36. The van der Waals surface area contributed by atoms with E-state index in [0.29, 0.717) is 48.9 Å². The highest BCUT2D eigenvalue weighted by atomic mass is 16.5. The Labute approximate surface area is 178 Å². The fourth-order valence-corrected chi connectivity index (χ4v) is 3.73. The maximum absolute atomic E-state index is 12.7. The molecule has 0 saturated heterocycles. The smallest absolute Gasteiger partial charge is 0.342 e. The molecular weight excluding hydrogens is 402 g/mol. The van der Waals surface area contributed by atoms with Crippen molar-refractivity contribution in [3.8, 4) is 11.5 Å². The third kappa shape index (κ3) is 3.88. The Balaban J connectivity index is 1.43. The molecule has 0 saturated carbocycles. The maximum atomic E-state index is 12.7. The zero-order valence-corrected chi connectivity index (χ0v) is 17.6. The van der Waals surface area contributed by atoms with E-state index in [1.807, 2.05) is 19.1 Å². The molecule has 10 heteroatoms. The quantitative estimate of drug-likeness (QED) is 0.546. The first kappa shape index (κ1) is 20.6. The van der Waals surface area contributed by atoms with Gasteiger partial charge in [-0.1, -0.05) is 6.92 Å². The lowest BCUT2D eigenvalue weighted by molar-refractivity contribution is -0.135. The van der Waals surface area contributed by atoms with Gasteiger partial charge in [0.15, 0.2) is 18.1 Å². The summed E-state index contributed by atoms with van der Waals surface area (Å²) in [5.41, 5.74) is 3.00. The number of esters is 1. The lowest BCUT2D eigenvalue weighted by atomic mass is 9.99. The second kappa shape index (κ2) is 8.58. The number of carbonyl (C=O) groups is 2. The van der Waals surface area contributed by atoms with E-state index < -0.39 is 5.97 Å². The van der Waals surface area contributed by atoms with Gasteiger partial charge in [-0.3, -0.25) is 4.79 Å². The predicted molar refractivity (Wildman–Crippen MR) is 109 cm³/mol. The predicted octanol–water partition coefficient (Wildman–Crippen LogP) is 1.45. The molecule has 1 aliphatic rings. The van der Waals surface area contributed by atoms with Crippen LogP contribution in [0, 0.1) is 0 Å². The average molecular weight is 425 g/mol. The van der Waals surface area contributed by atoms with E-state index in [-0.39, 0.29) is 18.1 Å². The highest BCUT2D eigenvalue weighted by Gasteiger charge is 2.25. The summed E-state index contributed by atoms with van der Waals surface area (Å²) in [5, 5.41) is 4.09. The largest absolute Gasteiger partial charge is 0.493 e. The van der Waals surface area contributed by atoms with Crippen molar-refractivity contribution in [2.75, 3.05) is 27.4 Å².